The van der Waals surface area contributed by atoms with E-state index < -0.39 is 10.0 Å². The van der Waals surface area contributed by atoms with Crippen LogP contribution in [0.5, 0.6) is 0 Å². The Bertz CT molecular complexity index is 1140. The number of hydrogen-bond acceptors (Lipinski definition) is 6. The molecule has 8 heteroatoms. The van der Waals surface area contributed by atoms with Crippen LogP contribution in [0.3, 0.4) is 0 Å². The maximum Gasteiger partial charge on any atom is 0.243 e. The van der Waals surface area contributed by atoms with E-state index in [-0.39, 0.29) is 17.2 Å². The van der Waals surface area contributed by atoms with Crippen molar-refractivity contribution in [1.82, 2.24) is 14.1 Å². The van der Waals surface area contributed by atoms with E-state index in [0.717, 1.165) is 57.0 Å². The van der Waals surface area contributed by atoms with Crippen LogP contribution in [0.25, 0.3) is 11.1 Å². The summed E-state index contributed by atoms with van der Waals surface area (Å²) in [4.78, 5) is 16.7. The lowest BCUT2D eigenvalue weighted by molar-refractivity contribution is -0.113. The normalized spacial score (nSPS) is 18.4. The summed E-state index contributed by atoms with van der Waals surface area (Å²) in [5.41, 5.74) is 4.04. The number of piperazine rings is 1. The first-order valence-electron chi connectivity index (χ1n) is 12.2. The van der Waals surface area contributed by atoms with Crippen molar-refractivity contribution in [1.29, 1.82) is 0 Å². The molecule has 0 unspecified atom stereocenters. The number of ketones is 1. The highest BCUT2D eigenvalue weighted by Gasteiger charge is 2.27. The van der Waals surface area contributed by atoms with Crippen LogP contribution in [-0.4, -0.2) is 87.8 Å². The molecule has 1 saturated heterocycles. The van der Waals surface area contributed by atoms with Crippen LogP contribution >= 0.6 is 0 Å². The van der Waals surface area contributed by atoms with Crippen molar-refractivity contribution in [2.75, 3.05) is 59.5 Å². The summed E-state index contributed by atoms with van der Waals surface area (Å²) < 4.78 is 32.6. The van der Waals surface area contributed by atoms with E-state index in [1.54, 1.807) is 25.3 Å². The van der Waals surface area contributed by atoms with E-state index in [2.05, 4.69) is 34.1 Å². The first kappa shape index (κ1) is 25.7. The summed E-state index contributed by atoms with van der Waals surface area (Å²) in [7, 11) is -1.83. The van der Waals surface area contributed by atoms with Gasteiger partial charge in [0.05, 0.1) is 11.5 Å². The summed E-state index contributed by atoms with van der Waals surface area (Å²) in [5, 5.41) is 0. The van der Waals surface area contributed by atoms with Crippen LogP contribution in [-0.2, 0) is 26.1 Å². The second kappa shape index (κ2) is 11.6. The quantitative estimate of drug-likeness (QED) is 0.531. The highest BCUT2D eigenvalue weighted by Crippen LogP contribution is 2.25. The van der Waals surface area contributed by atoms with Gasteiger partial charge in [0.25, 0.3) is 0 Å². The van der Waals surface area contributed by atoms with Gasteiger partial charge in [-0.05, 0) is 47.7 Å². The molecule has 2 aromatic carbocycles. The molecule has 2 aliphatic rings. The molecule has 0 atom stereocenters. The first-order chi connectivity index (χ1) is 16.9. The number of benzene rings is 2. The van der Waals surface area contributed by atoms with Gasteiger partial charge >= 0.3 is 0 Å². The second-order valence-corrected chi connectivity index (χ2v) is 11.2. The molecule has 0 aliphatic carbocycles. The Hall–Kier alpha value is -2.36. The average Bonchev–Trinajstić information content (AvgIpc) is 2.89. The van der Waals surface area contributed by atoms with E-state index in [1.807, 2.05) is 12.1 Å². The third kappa shape index (κ3) is 6.45. The van der Waals surface area contributed by atoms with Gasteiger partial charge in [0.15, 0.2) is 5.78 Å². The SMILES string of the molecule is COCCN1CCN(Cc2ccc(-c3ccc(S(=O)(=O)N4CC=C(C(C)=O)CC4)cc3)cc2)CC1. The van der Waals surface area contributed by atoms with Crippen molar-refractivity contribution in [3.63, 3.8) is 0 Å². The van der Waals surface area contributed by atoms with Crippen molar-refractivity contribution >= 4 is 15.8 Å². The van der Waals surface area contributed by atoms with Crippen molar-refractivity contribution in [2.24, 2.45) is 0 Å². The monoisotopic (exact) mass is 497 g/mol. The smallest absolute Gasteiger partial charge is 0.243 e. The number of methoxy groups -OCH3 is 1. The van der Waals surface area contributed by atoms with Crippen LogP contribution in [0.15, 0.2) is 65.1 Å². The highest BCUT2D eigenvalue weighted by atomic mass is 32.2. The molecule has 35 heavy (non-hydrogen) atoms. The van der Waals surface area contributed by atoms with Crippen LogP contribution in [0.4, 0.5) is 0 Å². The Labute approximate surface area is 209 Å². The Balaban J connectivity index is 1.34. The zero-order valence-corrected chi connectivity index (χ0v) is 21.5. The van der Waals surface area contributed by atoms with Crippen molar-refractivity contribution in [3.8, 4) is 11.1 Å². The molecule has 0 N–H and O–H groups in total. The summed E-state index contributed by atoms with van der Waals surface area (Å²) in [6, 6.07) is 15.6. The van der Waals surface area contributed by atoms with Gasteiger partial charge in [-0.1, -0.05) is 42.5 Å². The fourth-order valence-electron chi connectivity index (χ4n) is 4.61. The average molecular weight is 498 g/mol. The Morgan fingerprint density at radius 1 is 0.886 bits per heavy atom. The molecule has 2 heterocycles. The number of carbonyl (C=O) groups excluding carboxylic acids is 1. The molecular weight excluding hydrogens is 462 g/mol. The molecule has 2 aromatic rings. The summed E-state index contributed by atoms with van der Waals surface area (Å²) in [6.07, 6.45) is 2.18. The van der Waals surface area contributed by atoms with Gasteiger partial charge in [-0.25, -0.2) is 8.42 Å². The van der Waals surface area contributed by atoms with Crippen molar-refractivity contribution < 1.29 is 17.9 Å². The number of ether oxygens (including phenoxy) is 1. The largest absolute Gasteiger partial charge is 0.383 e. The standard InChI is InChI=1S/C27H35N3O4S/c1-22(31)24-11-13-30(14-12-24)35(32,33)27-9-7-26(8-10-27)25-5-3-23(4-6-25)21-29-17-15-28(16-18-29)19-20-34-2/h3-11H,12-21H2,1-2H3. The zero-order valence-electron chi connectivity index (χ0n) is 20.7. The molecule has 0 saturated carbocycles. The Kier molecular flexibility index (Phi) is 8.51. The van der Waals surface area contributed by atoms with Crippen molar-refractivity contribution in [2.45, 2.75) is 24.8 Å². The predicted molar refractivity (Wildman–Crippen MR) is 138 cm³/mol. The van der Waals surface area contributed by atoms with Crippen LogP contribution in [0, 0.1) is 0 Å². The highest BCUT2D eigenvalue weighted by molar-refractivity contribution is 7.89. The fraction of sp³-hybridized carbons (Fsp3) is 0.444. The van der Waals surface area contributed by atoms with Crippen LogP contribution < -0.4 is 0 Å². The maximum absolute atomic E-state index is 13.0. The van der Waals surface area contributed by atoms with E-state index in [0.29, 0.717) is 18.5 Å². The first-order valence-corrected chi connectivity index (χ1v) is 13.6. The van der Waals surface area contributed by atoms with E-state index in [1.165, 1.54) is 16.8 Å². The Morgan fingerprint density at radius 2 is 1.49 bits per heavy atom. The lowest BCUT2D eigenvalue weighted by Crippen LogP contribution is -2.46. The van der Waals surface area contributed by atoms with Gasteiger partial charge in [-0.15, -0.1) is 0 Å². The predicted octanol–water partition coefficient (Wildman–Crippen LogP) is 3.03. The van der Waals surface area contributed by atoms with E-state index >= 15 is 0 Å². The molecule has 2 aliphatic heterocycles. The number of nitrogens with zero attached hydrogens (tertiary/aromatic N) is 3. The molecule has 0 bridgehead atoms. The lowest BCUT2D eigenvalue weighted by atomic mass is 10.0. The fourth-order valence-corrected chi connectivity index (χ4v) is 5.99. The third-order valence-electron chi connectivity index (χ3n) is 6.89. The topological polar surface area (TPSA) is 70.2 Å². The molecule has 1 fully saturated rings. The number of sulfonamides is 1. The maximum atomic E-state index is 13.0. The van der Waals surface area contributed by atoms with Crippen LogP contribution in [0.2, 0.25) is 0 Å². The molecule has 0 radical (unpaired) electrons. The minimum Gasteiger partial charge on any atom is -0.383 e. The molecule has 0 amide bonds. The molecule has 0 aromatic heterocycles. The number of Topliss-reactive ketones (excluding diaryl/α,β-unsaturated/α-hetero) is 1. The summed E-state index contributed by atoms with van der Waals surface area (Å²) in [5.74, 6) is 0.0120. The number of carbonyl (C=O) groups is 1. The van der Waals surface area contributed by atoms with Gasteiger partial charge < -0.3 is 4.74 Å². The van der Waals surface area contributed by atoms with E-state index in [4.69, 9.17) is 4.74 Å². The second-order valence-electron chi connectivity index (χ2n) is 9.23. The zero-order chi connectivity index (χ0) is 24.8. The van der Waals surface area contributed by atoms with Crippen molar-refractivity contribution in [3.05, 3.63) is 65.7 Å². The van der Waals surface area contributed by atoms with Gasteiger partial charge in [0.1, 0.15) is 0 Å². The molecular formula is C27H35N3O4S. The molecule has 7 nitrogen and oxygen atoms in total. The van der Waals surface area contributed by atoms with Gasteiger partial charge in [0.2, 0.25) is 10.0 Å². The van der Waals surface area contributed by atoms with Gasteiger partial charge in [0, 0.05) is 59.5 Å². The summed E-state index contributed by atoms with van der Waals surface area (Å²) in [6.45, 7) is 9.07. The number of rotatable bonds is 9. The minimum absolute atomic E-state index is 0.0120. The third-order valence-corrected chi connectivity index (χ3v) is 8.77. The van der Waals surface area contributed by atoms with Gasteiger partial charge in [-0.2, -0.15) is 4.31 Å². The van der Waals surface area contributed by atoms with Crippen LogP contribution in [0.1, 0.15) is 18.9 Å². The number of hydrogen-bond donors (Lipinski definition) is 0. The Morgan fingerprint density at radius 3 is 2.03 bits per heavy atom. The molecule has 188 valence electrons. The molecule has 0 spiro atoms. The minimum atomic E-state index is -3.58. The lowest BCUT2D eigenvalue weighted by Gasteiger charge is -2.34. The van der Waals surface area contributed by atoms with E-state index in [9.17, 15) is 13.2 Å². The summed E-state index contributed by atoms with van der Waals surface area (Å²) >= 11 is 0. The molecule has 4 rings (SSSR count). The van der Waals surface area contributed by atoms with Gasteiger partial charge in [-0.3, -0.25) is 14.6 Å².